The van der Waals surface area contributed by atoms with Gasteiger partial charge in [-0.1, -0.05) is 18.2 Å². The summed E-state index contributed by atoms with van der Waals surface area (Å²) in [7, 11) is 0. The van der Waals surface area contributed by atoms with Gasteiger partial charge in [0.25, 0.3) is 0 Å². The second-order valence-electron chi connectivity index (χ2n) is 4.90. The molecule has 0 radical (unpaired) electrons. The van der Waals surface area contributed by atoms with Crippen molar-refractivity contribution in [3.63, 3.8) is 0 Å². The van der Waals surface area contributed by atoms with Crippen molar-refractivity contribution in [1.29, 1.82) is 0 Å². The Balaban J connectivity index is 2.48. The summed E-state index contributed by atoms with van der Waals surface area (Å²) in [6.45, 7) is 0.780. The van der Waals surface area contributed by atoms with E-state index in [4.69, 9.17) is 10.5 Å². The first-order chi connectivity index (χ1) is 8.43. The summed E-state index contributed by atoms with van der Waals surface area (Å²) in [6.07, 6.45) is -0.417. The number of nitrogens with two attached hydrogens (primary N) is 1. The Labute approximate surface area is 105 Å². The molecule has 3 nitrogen and oxygen atoms in total. The lowest BCUT2D eigenvalue weighted by Crippen LogP contribution is -2.64. The zero-order valence-corrected chi connectivity index (χ0v) is 10.2. The summed E-state index contributed by atoms with van der Waals surface area (Å²) < 4.78 is 34.0. The summed E-state index contributed by atoms with van der Waals surface area (Å²) >= 11 is 0. The smallest absolute Gasteiger partial charge is 0.160 e. The normalized spacial score (nSPS) is 36.6. The SMILES string of the molecule is C[C@H]1C[C@@](F)(CO)[C@](N)(c2ccccc2F)CO1. The quantitative estimate of drug-likeness (QED) is 0.844. The number of rotatable bonds is 2. The highest BCUT2D eigenvalue weighted by Gasteiger charge is 2.55. The van der Waals surface area contributed by atoms with Crippen molar-refractivity contribution in [2.24, 2.45) is 5.73 Å². The van der Waals surface area contributed by atoms with E-state index in [9.17, 15) is 13.9 Å². The second-order valence-corrected chi connectivity index (χ2v) is 4.90. The summed E-state index contributed by atoms with van der Waals surface area (Å²) in [6, 6.07) is 5.74. The minimum Gasteiger partial charge on any atom is -0.393 e. The highest BCUT2D eigenvalue weighted by Crippen LogP contribution is 2.42. The minimum atomic E-state index is -2.09. The van der Waals surface area contributed by atoms with E-state index in [2.05, 4.69) is 0 Å². The molecule has 0 aliphatic carbocycles. The molecule has 1 heterocycles. The molecule has 18 heavy (non-hydrogen) atoms. The average molecular weight is 257 g/mol. The fourth-order valence-corrected chi connectivity index (χ4v) is 2.45. The number of halogens is 2. The Morgan fingerprint density at radius 2 is 2.17 bits per heavy atom. The Bertz CT molecular complexity index is 443. The molecule has 1 aromatic carbocycles. The first-order valence-electron chi connectivity index (χ1n) is 5.88. The lowest BCUT2D eigenvalue weighted by molar-refractivity contribution is -0.136. The monoisotopic (exact) mass is 257 g/mol. The van der Waals surface area contributed by atoms with Gasteiger partial charge in [-0.15, -0.1) is 0 Å². The molecule has 5 heteroatoms. The third-order valence-corrected chi connectivity index (χ3v) is 3.61. The molecular formula is C13H17F2NO2. The van der Waals surface area contributed by atoms with E-state index in [-0.39, 0.29) is 24.7 Å². The predicted molar refractivity (Wildman–Crippen MR) is 63.2 cm³/mol. The molecule has 3 atom stereocenters. The van der Waals surface area contributed by atoms with Crippen LogP contribution >= 0.6 is 0 Å². The first kappa shape index (κ1) is 13.4. The van der Waals surface area contributed by atoms with Crippen LogP contribution in [0.2, 0.25) is 0 Å². The maximum Gasteiger partial charge on any atom is 0.160 e. The number of ether oxygens (including phenoxy) is 1. The standard InChI is InChI=1S/C13H17F2NO2/c1-9-6-12(15,7-17)13(16,8-18-9)10-4-2-3-5-11(10)14/h2-5,9,17H,6-8,16H2,1H3/t9-,12+,13+/m0/s1. The summed E-state index contributed by atoms with van der Waals surface area (Å²) in [5, 5.41) is 9.32. The summed E-state index contributed by atoms with van der Waals surface area (Å²) in [5.74, 6) is -0.589. The molecule has 0 saturated carbocycles. The maximum absolute atomic E-state index is 14.8. The van der Waals surface area contributed by atoms with Crippen molar-refractivity contribution in [1.82, 2.24) is 0 Å². The minimum absolute atomic E-state index is 0.0356. The molecule has 0 aromatic heterocycles. The number of benzene rings is 1. The van der Waals surface area contributed by atoms with Crippen molar-refractivity contribution >= 4 is 0 Å². The molecule has 0 bridgehead atoms. The van der Waals surface area contributed by atoms with Gasteiger partial charge in [0, 0.05) is 12.0 Å². The van der Waals surface area contributed by atoms with Crippen LogP contribution in [0.25, 0.3) is 0 Å². The Morgan fingerprint density at radius 1 is 1.50 bits per heavy atom. The van der Waals surface area contributed by atoms with Crippen molar-refractivity contribution in [3.8, 4) is 0 Å². The molecule has 2 rings (SSSR count). The van der Waals surface area contributed by atoms with Gasteiger partial charge in [0.15, 0.2) is 5.67 Å². The molecule has 1 aromatic rings. The third kappa shape index (κ3) is 1.92. The molecule has 0 spiro atoms. The topological polar surface area (TPSA) is 55.5 Å². The van der Waals surface area contributed by atoms with Crippen LogP contribution in [0.3, 0.4) is 0 Å². The number of hydrogen-bond acceptors (Lipinski definition) is 3. The third-order valence-electron chi connectivity index (χ3n) is 3.61. The summed E-state index contributed by atoms with van der Waals surface area (Å²) in [4.78, 5) is 0. The molecular weight excluding hydrogens is 240 g/mol. The lowest BCUT2D eigenvalue weighted by Gasteiger charge is -2.47. The second kappa shape index (κ2) is 4.57. The Hall–Kier alpha value is -1.04. The van der Waals surface area contributed by atoms with Gasteiger partial charge in [-0.25, -0.2) is 8.78 Å². The molecule has 100 valence electrons. The van der Waals surface area contributed by atoms with Gasteiger partial charge < -0.3 is 15.6 Å². The van der Waals surface area contributed by atoms with Gasteiger partial charge in [-0.3, -0.25) is 0 Å². The molecule has 1 fully saturated rings. The predicted octanol–water partition coefficient (Wildman–Crippen LogP) is 1.49. The van der Waals surface area contributed by atoms with E-state index in [1.165, 1.54) is 18.2 Å². The van der Waals surface area contributed by atoms with Gasteiger partial charge in [0.05, 0.1) is 19.3 Å². The fraction of sp³-hybridized carbons (Fsp3) is 0.538. The average Bonchev–Trinajstić information content (AvgIpc) is 2.35. The largest absolute Gasteiger partial charge is 0.393 e. The van der Waals surface area contributed by atoms with Gasteiger partial charge in [-0.05, 0) is 13.0 Å². The first-order valence-corrected chi connectivity index (χ1v) is 5.88. The molecule has 0 amide bonds. The van der Waals surface area contributed by atoms with Crippen LogP contribution in [-0.4, -0.2) is 30.1 Å². The molecule has 0 unspecified atom stereocenters. The van der Waals surface area contributed by atoms with E-state index in [0.717, 1.165) is 0 Å². The highest BCUT2D eigenvalue weighted by molar-refractivity contribution is 5.31. The number of alkyl halides is 1. The van der Waals surface area contributed by atoms with Gasteiger partial charge >= 0.3 is 0 Å². The summed E-state index contributed by atoms with van der Waals surface area (Å²) in [5.41, 5.74) is 2.31. The van der Waals surface area contributed by atoms with Crippen LogP contribution in [0.1, 0.15) is 18.9 Å². The van der Waals surface area contributed by atoms with Crippen LogP contribution in [0.15, 0.2) is 24.3 Å². The zero-order chi connectivity index (χ0) is 13.4. The van der Waals surface area contributed by atoms with Crippen molar-refractivity contribution in [2.45, 2.75) is 30.7 Å². The Morgan fingerprint density at radius 3 is 2.78 bits per heavy atom. The van der Waals surface area contributed by atoms with E-state index in [1.807, 2.05) is 0 Å². The van der Waals surface area contributed by atoms with Crippen molar-refractivity contribution in [2.75, 3.05) is 13.2 Å². The van der Waals surface area contributed by atoms with Crippen LogP contribution in [0, 0.1) is 5.82 Å². The van der Waals surface area contributed by atoms with Crippen LogP contribution in [0.4, 0.5) is 8.78 Å². The zero-order valence-electron chi connectivity index (χ0n) is 10.2. The number of aliphatic hydroxyl groups excluding tert-OH is 1. The van der Waals surface area contributed by atoms with Gasteiger partial charge in [0.1, 0.15) is 11.4 Å². The van der Waals surface area contributed by atoms with Crippen LogP contribution in [0.5, 0.6) is 0 Å². The maximum atomic E-state index is 14.8. The molecule has 1 aliphatic rings. The Kier molecular flexibility index (Phi) is 3.40. The van der Waals surface area contributed by atoms with Crippen molar-refractivity contribution in [3.05, 3.63) is 35.6 Å². The van der Waals surface area contributed by atoms with E-state index < -0.39 is 23.6 Å². The lowest BCUT2D eigenvalue weighted by atomic mass is 9.72. The molecule has 1 aliphatic heterocycles. The van der Waals surface area contributed by atoms with Crippen molar-refractivity contribution < 1.29 is 18.6 Å². The highest BCUT2D eigenvalue weighted by atomic mass is 19.1. The van der Waals surface area contributed by atoms with Crippen LogP contribution < -0.4 is 5.73 Å². The van der Waals surface area contributed by atoms with Gasteiger partial charge in [-0.2, -0.15) is 0 Å². The fourth-order valence-electron chi connectivity index (χ4n) is 2.45. The van der Waals surface area contributed by atoms with Crippen LogP contribution in [-0.2, 0) is 10.3 Å². The van der Waals surface area contributed by atoms with E-state index in [0.29, 0.717) is 0 Å². The van der Waals surface area contributed by atoms with Gasteiger partial charge in [0.2, 0.25) is 0 Å². The molecule has 3 N–H and O–H groups in total. The number of aliphatic hydroxyl groups is 1. The number of hydrogen-bond donors (Lipinski definition) is 2. The van der Waals surface area contributed by atoms with E-state index in [1.54, 1.807) is 13.0 Å². The van der Waals surface area contributed by atoms with E-state index >= 15 is 0 Å². The molecule has 1 saturated heterocycles.